The molecule has 0 aliphatic rings. The van der Waals surface area contributed by atoms with Crippen LogP contribution in [0.5, 0.6) is 0 Å². The third-order valence-corrected chi connectivity index (χ3v) is 11.3. The highest BCUT2D eigenvalue weighted by Crippen LogP contribution is 2.44. The summed E-state index contributed by atoms with van der Waals surface area (Å²) in [5.74, 6) is 0. The number of hydrogen-bond donors (Lipinski definition) is 0. The Kier molecular flexibility index (Phi) is 9.68. The van der Waals surface area contributed by atoms with Crippen molar-refractivity contribution in [2.75, 3.05) is 4.90 Å². The molecule has 0 aliphatic heterocycles. The molecular formula is C58H41N. The Labute approximate surface area is 346 Å². The van der Waals surface area contributed by atoms with Gasteiger partial charge in [-0.05, 0) is 102 Å². The zero-order valence-corrected chi connectivity index (χ0v) is 32.6. The molecule has 0 aromatic heterocycles. The van der Waals surface area contributed by atoms with Gasteiger partial charge in [0.2, 0.25) is 0 Å². The minimum Gasteiger partial charge on any atom is -0.310 e. The summed E-state index contributed by atoms with van der Waals surface area (Å²) in [6.45, 7) is 0. The lowest BCUT2D eigenvalue weighted by Crippen LogP contribution is -2.10. The molecule has 0 fully saturated rings. The van der Waals surface area contributed by atoms with Crippen LogP contribution in [-0.4, -0.2) is 0 Å². The lowest BCUT2D eigenvalue weighted by molar-refractivity contribution is 1.30. The summed E-state index contributed by atoms with van der Waals surface area (Å²) in [5.41, 5.74) is 17.8. The first-order valence-corrected chi connectivity index (χ1v) is 20.2. The SMILES string of the molecule is c1ccc(-c2ccc(-c3ccc(N(c4ccc(-c5ccc(-c6ccccc6)cc5)cc4)c4cccc5cccc(-c6ccc(-c7ccccc7)cc6)c45)cc3)cc2)cc1. The third-order valence-electron chi connectivity index (χ3n) is 11.3. The van der Waals surface area contributed by atoms with E-state index >= 15 is 0 Å². The highest BCUT2D eigenvalue weighted by atomic mass is 15.1. The van der Waals surface area contributed by atoms with Crippen molar-refractivity contribution < 1.29 is 0 Å². The summed E-state index contributed by atoms with van der Waals surface area (Å²) in [4.78, 5) is 2.41. The van der Waals surface area contributed by atoms with Gasteiger partial charge in [-0.2, -0.15) is 0 Å². The standard InChI is InChI=1S/C58H41N/c1-4-12-42(13-5-1)45-22-26-48(27-23-45)50-34-38-54(39-35-50)59(55-40-36-51(37-41-55)49-28-24-46(25-29-49)43-14-6-2-7-15-43)57-21-11-19-53-18-10-20-56(58(53)57)52-32-30-47(31-33-52)44-16-8-3-9-17-44/h1-41H. The molecule has 1 nitrogen and oxygen atoms in total. The van der Waals surface area contributed by atoms with Crippen molar-refractivity contribution >= 4 is 27.8 Å². The van der Waals surface area contributed by atoms with Crippen LogP contribution < -0.4 is 4.90 Å². The van der Waals surface area contributed by atoms with E-state index < -0.39 is 0 Å². The van der Waals surface area contributed by atoms with Crippen LogP contribution in [0.25, 0.3) is 77.5 Å². The van der Waals surface area contributed by atoms with Gasteiger partial charge in [-0.25, -0.2) is 0 Å². The van der Waals surface area contributed by atoms with Crippen molar-refractivity contribution in [1.29, 1.82) is 0 Å². The summed E-state index contributed by atoms with van der Waals surface area (Å²) in [7, 11) is 0. The van der Waals surface area contributed by atoms with Crippen LogP contribution >= 0.6 is 0 Å². The van der Waals surface area contributed by atoms with Crippen LogP contribution in [-0.2, 0) is 0 Å². The fraction of sp³-hybridized carbons (Fsp3) is 0. The lowest BCUT2D eigenvalue weighted by Gasteiger charge is -2.28. The highest BCUT2D eigenvalue weighted by Gasteiger charge is 2.19. The summed E-state index contributed by atoms with van der Waals surface area (Å²) < 4.78 is 0. The smallest absolute Gasteiger partial charge is 0.0546 e. The van der Waals surface area contributed by atoms with E-state index in [1.54, 1.807) is 0 Å². The molecule has 1 heteroatoms. The normalized spacial score (nSPS) is 11.1. The number of nitrogens with zero attached hydrogens (tertiary/aromatic N) is 1. The van der Waals surface area contributed by atoms with Crippen molar-refractivity contribution in [3.8, 4) is 66.8 Å². The van der Waals surface area contributed by atoms with Gasteiger partial charge in [-0.15, -0.1) is 0 Å². The van der Waals surface area contributed by atoms with Gasteiger partial charge in [-0.3, -0.25) is 0 Å². The minimum atomic E-state index is 1.09. The molecule has 59 heavy (non-hydrogen) atoms. The molecule has 0 unspecified atom stereocenters. The summed E-state index contributed by atoms with van der Waals surface area (Å²) in [5, 5.41) is 2.41. The predicted octanol–water partition coefficient (Wildman–Crippen LogP) is 16.3. The maximum atomic E-state index is 2.41. The molecule has 278 valence electrons. The summed E-state index contributed by atoms with van der Waals surface area (Å²) in [6, 6.07) is 89.8. The van der Waals surface area contributed by atoms with Gasteiger partial charge in [0.1, 0.15) is 0 Å². The molecule has 0 heterocycles. The predicted molar refractivity (Wildman–Crippen MR) is 251 cm³/mol. The number of benzene rings is 10. The van der Waals surface area contributed by atoms with Crippen molar-refractivity contribution in [3.63, 3.8) is 0 Å². The van der Waals surface area contributed by atoms with E-state index in [9.17, 15) is 0 Å². The van der Waals surface area contributed by atoms with Gasteiger partial charge in [0.15, 0.2) is 0 Å². The zero-order chi connectivity index (χ0) is 39.4. The Morgan fingerprint density at radius 1 is 0.203 bits per heavy atom. The largest absolute Gasteiger partial charge is 0.310 e. The van der Waals surface area contributed by atoms with Crippen LogP contribution in [0.2, 0.25) is 0 Å². The Hall–Kier alpha value is -7.74. The van der Waals surface area contributed by atoms with Gasteiger partial charge >= 0.3 is 0 Å². The molecule has 0 amide bonds. The quantitative estimate of drug-likeness (QED) is 0.142. The van der Waals surface area contributed by atoms with E-state index in [-0.39, 0.29) is 0 Å². The van der Waals surface area contributed by atoms with Crippen molar-refractivity contribution in [1.82, 2.24) is 0 Å². The fourth-order valence-corrected chi connectivity index (χ4v) is 8.23. The topological polar surface area (TPSA) is 3.24 Å². The van der Waals surface area contributed by atoms with Crippen LogP contribution in [0, 0.1) is 0 Å². The highest BCUT2D eigenvalue weighted by molar-refractivity contribution is 6.08. The molecule has 0 saturated carbocycles. The second-order valence-electron chi connectivity index (χ2n) is 14.9. The average Bonchev–Trinajstić information content (AvgIpc) is 3.33. The second kappa shape index (κ2) is 16.0. The second-order valence-corrected chi connectivity index (χ2v) is 14.9. The summed E-state index contributed by atoms with van der Waals surface area (Å²) >= 11 is 0. The van der Waals surface area contributed by atoms with E-state index in [4.69, 9.17) is 0 Å². The summed E-state index contributed by atoms with van der Waals surface area (Å²) in [6.07, 6.45) is 0. The van der Waals surface area contributed by atoms with Gasteiger partial charge in [0.05, 0.1) is 5.69 Å². The zero-order valence-electron chi connectivity index (χ0n) is 32.6. The monoisotopic (exact) mass is 751 g/mol. The van der Waals surface area contributed by atoms with Crippen molar-refractivity contribution in [2.24, 2.45) is 0 Å². The van der Waals surface area contributed by atoms with Crippen LogP contribution in [0.3, 0.4) is 0 Å². The lowest BCUT2D eigenvalue weighted by atomic mass is 9.94. The molecule has 10 aromatic carbocycles. The minimum absolute atomic E-state index is 1.09. The van der Waals surface area contributed by atoms with E-state index in [0.29, 0.717) is 0 Å². The van der Waals surface area contributed by atoms with Crippen LogP contribution in [0.1, 0.15) is 0 Å². The van der Waals surface area contributed by atoms with E-state index in [1.807, 2.05) is 0 Å². The first-order chi connectivity index (χ1) is 29.2. The molecule has 0 N–H and O–H groups in total. The first-order valence-electron chi connectivity index (χ1n) is 20.2. The Morgan fingerprint density at radius 3 is 0.847 bits per heavy atom. The average molecular weight is 752 g/mol. The number of rotatable bonds is 9. The van der Waals surface area contributed by atoms with Crippen LogP contribution in [0.4, 0.5) is 17.1 Å². The van der Waals surface area contributed by atoms with Crippen LogP contribution in [0.15, 0.2) is 249 Å². The number of fused-ring (bicyclic) bond motifs is 1. The number of hydrogen-bond acceptors (Lipinski definition) is 1. The van der Waals surface area contributed by atoms with Crippen molar-refractivity contribution in [3.05, 3.63) is 249 Å². The van der Waals surface area contributed by atoms with Gasteiger partial charge < -0.3 is 4.90 Å². The van der Waals surface area contributed by atoms with E-state index in [2.05, 4.69) is 254 Å². The van der Waals surface area contributed by atoms with Gasteiger partial charge in [-0.1, -0.05) is 218 Å². The molecule has 10 rings (SSSR count). The molecule has 0 aliphatic carbocycles. The number of anilines is 3. The molecule has 0 atom stereocenters. The van der Waals surface area contributed by atoms with Crippen molar-refractivity contribution in [2.45, 2.75) is 0 Å². The maximum Gasteiger partial charge on any atom is 0.0546 e. The van der Waals surface area contributed by atoms with Gasteiger partial charge in [0.25, 0.3) is 0 Å². The fourth-order valence-electron chi connectivity index (χ4n) is 8.23. The van der Waals surface area contributed by atoms with E-state index in [0.717, 1.165) is 17.1 Å². The Morgan fingerprint density at radius 2 is 0.492 bits per heavy atom. The molecule has 10 aromatic rings. The maximum absolute atomic E-state index is 2.41. The van der Waals surface area contributed by atoms with E-state index in [1.165, 1.54) is 77.5 Å². The molecule has 0 bridgehead atoms. The molecular weight excluding hydrogens is 711 g/mol. The molecule has 0 spiro atoms. The van der Waals surface area contributed by atoms with Gasteiger partial charge in [0, 0.05) is 16.8 Å². The first kappa shape index (κ1) is 35.7. The molecule has 0 radical (unpaired) electrons. The third kappa shape index (κ3) is 7.34. The Bertz CT molecular complexity index is 2820. The Balaban J connectivity index is 1.05. The molecule has 0 saturated heterocycles.